The highest BCUT2D eigenvalue weighted by Gasteiger charge is 2.19. The molecule has 114 valence electrons. The molecule has 0 aliphatic rings. The van der Waals surface area contributed by atoms with Crippen LogP contribution < -0.4 is 10.0 Å². The second-order valence-corrected chi connectivity index (χ2v) is 7.32. The van der Waals surface area contributed by atoms with Crippen molar-refractivity contribution < 1.29 is 17.9 Å². The van der Waals surface area contributed by atoms with E-state index in [0.29, 0.717) is 19.6 Å². The van der Waals surface area contributed by atoms with Crippen LogP contribution in [0.4, 0.5) is 5.13 Å². The summed E-state index contributed by atoms with van der Waals surface area (Å²) in [4.78, 5) is 10.8. The van der Waals surface area contributed by atoms with Gasteiger partial charge in [0.05, 0.1) is 6.61 Å². The number of sulfonamides is 1. The number of amides is 1. The van der Waals surface area contributed by atoms with Gasteiger partial charge in [0.15, 0.2) is 0 Å². The van der Waals surface area contributed by atoms with E-state index in [1.54, 1.807) is 0 Å². The van der Waals surface area contributed by atoms with Gasteiger partial charge in [0.2, 0.25) is 15.4 Å². The maximum atomic E-state index is 11.9. The molecule has 0 radical (unpaired) electrons. The fourth-order valence-corrected chi connectivity index (χ4v) is 3.41. The molecule has 0 fully saturated rings. The second-order valence-electron chi connectivity index (χ2n) is 3.61. The number of aromatic nitrogens is 2. The van der Waals surface area contributed by atoms with Crippen molar-refractivity contribution in [2.24, 2.45) is 0 Å². The molecule has 20 heavy (non-hydrogen) atoms. The lowest BCUT2D eigenvalue weighted by atomic mass is 10.5. The van der Waals surface area contributed by atoms with E-state index in [1.807, 2.05) is 0 Å². The van der Waals surface area contributed by atoms with Crippen molar-refractivity contribution in [2.45, 2.75) is 17.7 Å². The minimum atomic E-state index is -3.69. The molecule has 0 saturated heterocycles. The summed E-state index contributed by atoms with van der Waals surface area (Å²) in [5.74, 6) is -0.331. The van der Waals surface area contributed by atoms with Gasteiger partial charge in [-0.05, 0) is 6.42 Å². The zero-order chi connectivity index (χ0) is 15.0. The summed E-state index contributed by atoms with van der Waals surface area (Å²) in [6.45, 7) is 2.62. The Kier molecular flexibility index (Phi) is 7.51. The first-order valence-electron chi connectivity index (χ1n) is 5.70. The third-order valence-corrected chi connectivity index (χ3v) is 4.89. The van der Waals surface area contributed by atoms with Gasteiger partial charge < -0.3 is 10.1 Å². The van der Waals surface area contributed by atoms with Gasteiger partial charge in [-0.25, -0.2) is 13.1 Å². The molecule has 1 rings (SSSR count). The zero-order valence-electron chi connectivity index (χ0n) is 10.8. The van der Waals surface area contributed by atoms with E-state index in [-0.39, 0.29) is 21.9 Å². The topological polar surface area (TPSA) is 110 Å². The first-order valence-corrected chi connectivity index (χ1v) is 9.12. The third kappa shape index (κ3) is 6.22. The summed E-state index contributed by atoms with van der Waals surface area (Å²) in [6.07, 6.45) is 0.559. The normalized spacial score (nSPS) is 11.5. The van der Waals surface area contributed by atoms with E-state index < -0.39 is 10.0 Å². The molecule has 0 aliphatic heterocycles. The summed E-state index contributed by atoms with van der Waals surface area (Å²) in [5.41, 5.74) is 0. The summed E-state index contributed by atoms with van der Waals surface area (Å²) in [5, 5.41) is 10.4. The van der Waals surface area contributed by atoms with E-state index >= 15 is 0 Å². The van der Waals surface area contributed by atoms with Gasteiger partial charge >= 0.3 is 0 Å². The van der Waals surface area contributed by atoms with Crippen molar-refractivity contribution in [3.63, 3.8) is 0 Å². The largest absolute Gasteiger partial charge is 0.381 e. The standard InChI is InChI=1S/C9H15BrN4O4S2/c1-7(15)12-8-13-14-9(19-8)20(16,17)11-4-2-5-18-6-3-10/h11H,2-6H2,1H3,(H,12,13,15). The number of halogens is 1. The molecular weight excluding hydrogens is 372 g/mol. The van der Waals surface area contributed by atoms with Gasteiger partial charge in [0.25, 0.3) is 10.0 Å². The Morgan fingerprint density at radius 1 is 1.40 bits per heavy atom. The summed E-state index contributed by atoms with van der Waals surface area (Å²) in [6, 6.07) is 0. The quantitative estimate of drug-likeness (QED) is 0.364. The molecule has 0 aromatic carbocycles. The van der Waals surface area contributed by atoms with Crippen LogP contribution in [0.1, 0.15) is 13.3 Å². The van der Waals surface area contributed by atoms with E-state index in [1.165, 1.54) is 6.92 Å². The Hall–Kier alpha value is -0.620. The number of carbonyl (C=O) groups excluding carboxylic acids is 1. The zero-order valence-corrected chi connectivity index (χ0v) is 14.0. The van der Waals surface area contributed by atoms with Gasteiger partial charge in [0, 0.05) is 25.4 Å². The molecule has 1 aromatic rings. The van der Waals surface area contributed by atoms with E-state index in [9.17, 15) is 13.2 Å². The molecule has 2 N–H and O–H groups in total. The van der Waals surface area contributed by atoms with Crippen LogP contribution in [0.15, 0.2) is 4.34 Å². The Morgan fingerprint density at radius 2 is 2.15 bits per heavy atom. The molecule has 1 aromatic heterocycles. The number of rotatable bonds is 9. The Morgan fingerprint density at radius 3 is 2.80 bits per heavy atom. The fraction of sp³-hybridized carbons (Fsp3) is 0.667. The molecular formula is C9H15BrN4O4S2. The van der Waals surface area contributed by atoms with Gasteiger partial charge in [-0.1, -0.05) is 27.3 Å². The number of alkyl halides is 1. The monoisotopic (exact) mass is 386 g/mol. The molecule has 11 heteroatoms. The number of anilines is 1. The molecule has 8 nitrogen and oxygen atoms in total. The predicted molar refractivity (Wildman–Crippen MR) is 78.6 cm³/mol. The average molecular weight is 387 g/mol. The molecule has 0 saturated carbocycles. The smallest absolute Gasteiger partial charge is 0.269 e. The minimum absolute atomic E-state index is 0.151. The highest BCUT2D eigenvalue weighted by atomic mass is 79.9. The molecule has 0 unspecified atom stereocenters. The average Bonchev–Trinajstić information content (AvgIpc) is 2.82. The number of nitrogens with one attached hydrogen (secondary N) is 2. The SMILES string of the molecule is CC(=O)Nc1nnc(S(=O)(=O)NCCCOCCBr)s1. The lowest BCUT2D eigenvalue weighted by Gasteiger charge is -2.03. The maximum Gasteiger partial charge on any atom is 0.269 e. The third-order valence-electron chi connectivity index (χ3n) is 1.90. The van der Waals surface area contributed by atoms with Crippen LogP contribution in [-0.4, -0.2) is 49.6 Å². The van der Waals surface area contributed by atoms with Crippen molar-refractivity contribution in [1.29, 1.82) is 0 Å². The van der Waals surface area contributed by atoms with Crippen molar-refractivity contribution in [3.05, 3.63) is 0 Å². The van der Waals surface area contributed by atoms with Crippen LogP contribution in [0.5, 0.6) is 0 Å². The Balaban J connectivity index is 2.43. The predicted octanol–water partition coefficient (Wildman–Crippen LogP) is 0.576. The highest BCUT2D eigenvalue weighted by Crippen LogP contribution is 2.19. The van der Waals surface area contributed by atoms with E-state index in [0.717, 1.165) is 16.7 Å². The van der Waals surface area contributed by atoms with Crippen LogP contribution in [0.25, 0.3) is 0 Å². The summed E-state index contributed by atoms with van der Waals surface area (Å²) in [7, 11) is -3.69. The molecule has 1 heterocycles. The van der Waals surface area contributed by atoms with Crippen molar-refractivity contribution in [3.8, 4) is 0 Å². The lowest BCUT2D eigenvalue weighted by Crippen LogP contribution is -2.25. The van der Waals surface area contributed by atoms with Crippen LogP contribution >= 0.6 is 27.3 Å². The minimum Gasteiger partial charge on any atom is -0.381 e. The number of nitrogens with zero attached hydrogens (tertiary/aromatic N) is 2. The Bertz CT molecular complexity index is 534. The highest BCUT2D eigenvalue weighted by molar-refractivity contribution is 9.09. The summed E-state index contributed by atoms with van der Waals surface area (Å²) < 4.78 is 31.1. The van der Waals surface area contributed by atoms with Crippen molar-refractivity contribution in [1.82, 2.24) is 14.9 Å². The van der Waals surface area contributed by atoms with Gasteiger partial charge in [-0.3, -0.25) is 4.79 Å². The first kappa shape index (κ1) is 17.4. The molecule has 0 aliphatic carbocycles. The van der Waals surface area contributed by atoms with Crippen LogP contribution in [0, 0.1) is 0 Å². The lowest BCUT2D eigenvalue weighted by molar-refractivity contribution is -0.114. The van der Waals surface area contributed by atoms with E-state index in [4.69, 9.17) is 4.74 Å². The maximum absolute atomic E-state index is 11.9. The van der Waals surface area contributed by atoms with Gasteiger partial charge in [-0.15, -0.1) is 10.2 Å². The van der Waals surface area contributed by atoms with Crippen molar-refractivity contribution in [2.75, 3.05) is 30.4 Å². The van der Waals surface area contributed by atoms with Crippen LogP contribution in [-0.2, 0) is 19.6 Å². The number of hydrogen-bond acceptors (Lipinski definition) is 7. The summed E-state index contributed by atoms with van der Waals surface area (Å²) >= 11 is 4.02. The Labute approximate surface area is 129 Å². The first-order chi connectivity index (χ1) is 9.45. The molecule has 1 amide bonds. The van der Waals surface area contributed by atoms with E-state index in [2.05, 4.69) is 36.2 Å². The molecule has 0 bridgehead atoms. The van der Waals surface area contributed by atoms with Gasteiger partial charge in [0.1, 0.15) is 0 Å². The van der Waals surface area contributed by atoms with Crippen LogP contribution in [0.2, 0.25) is 0 Å². The van der Waals surface area contributed by atoms with Crippen LogP contribution in [0.3, 0.4) is 0 Å². The number of hydrogen-bond donors (Lipinski definition) is 2. The molecule has 0 atom stereocenters. The van der Waals surface area contributed by atoms with Crippen molar-refractivity contribution >= 4 is 48.3 Å². The number of carbonyl (C=O) groups is 1. The van der Waals surface area contributed by atoms with Gasteiger partial charge in [-0.2, -0.15) is 0 Å². The second kappa shape index (κ2) is 8.62. The number of ether oxygens (including phenoxy) is 1. The molecule has 0 spiro atoms. The fourth-order valence-electron chi connectivity index (χ4n) is 1.12.